The Kier molecular flexibility index (Phi) is 4.35. The number of anilines is 2. The van der Waals surface area contributed by atoms with Crippen molar-refractivity contribution in [3.05, 3.63) is 48.2 Å². The van der Waals surface area contributed by atoms with Gasteiger partial charge in [0.15, 0.2) is 23.2 Å². The van der Waals surface area contributed by atoms with E-state index in [1.165, 1.54) is 24.1 Å². The summed E-state index contributed by atoms with van der Waals surface area (Å²) in [5, 5.41) is 2.40. The molecule has 0 bridgehead atoms. The predicted molar refractivity (Wildman–Crippen MR) is 90.9 cm³/mol. The molecule has 0 saturated carbocycles. The molecule has 2 heterocycles. The number of nitrogens with one attached hydrogen (secondary N) is 1. The van der Waals surface area contributed by atoms with Crippen molar-refractivity contribution in [3.8, 4) is 5.75 Å². The Balaban J connectivity index is 1.96. The molecule has 0 spiro atoms. The van der Waals surface area contributed by atoms with Crippen molar-refractivity contribution in [1.82, 2.24) is 4.98 Å². The number of fused-ring (bicyclic) bond motifs is 1. The van der Waals surface area contributed by atoms with Gasteiger partial charge < -0.3 is 10.1 Å². The summed E-state index contributed by atoms with van der Waals surface area (Å²) in [4.78, 5) is 31.3. The van der Waals surface area contributed by atoms with Crippen LogP contribution in [0.1, 0.15) is 20.8 Å². The number of halogens is 2. The molecule has 6 nitrogen and oxygen atoms in total. The number of carbonyl (C=O) groups excluding carboxylic acids is 2. The van der Waals surface area contributed by atoms with E-state index in [2.05, 4.69) is 10.3 Å². The third kappa shape index (κ3) is 2.87. The van der Waals surface area contributed by atoms with Crippen molar-refractivity contribution >= 4 is 23.3 Å². The number of rotatable bonds is 3. The standard InChI is InChI=1S/C18H17F2N3O3/c1-10(2)23-15-14(5-4-8-21-15)26-18(3,17(23)25)16(24)22-11-6-7-12(19)13(20)9-11/h4-10H,1-3H3,(H,22,24)/t18-/m1/s1. The lowest BCUT2D eigenvalue weighted by molar-refractivity contribution is -0.145. The SMILES string of the molecule is CC(C)N1C(=O)[C@@](C)(C(=O)Nc2ccc(F)c(F)c2)Oc2cccnc21. The zero-order valence-electron chi connectivity index (χ0n) is 14.4. The van der Waals surface area contributed by atoms with Crippen LogP contribution in [0.4, 0.5) is 20.3 Å². The first kappa shape index (κ1) is 17.8. The van der Waals surface area contributed by atoms with Gasteiger partial charge in [-0.15, -0.1) is 0 Å². The summed E-state index contributed by atoms with van der Waals surface area (Å²) >= 11 is 0. The number of aromatic nitrogens is 1. The maximum absolute atomic E-state index is 13.4. The quantitative estimate of drug-likeness (QED) is 0.854. The molecule has 3 rings (SSSR count). The van der Waals surface area contributed by atoms with Gasteiger partial charge in [0.05, 0.1) is 0 Å². The lowest BCUT2D eigenvalue weighted by atomic mass is 9.99. The van der Waals surface area contributed by atoms with E-state index in [0.717, 1.165) is 12.1 Å². The molecule has 0 aliphatic carbocycles. The van der Waals surface area contributed by atoms with Crippen LogP contribution in [0.5, 0.6) is 5.75 Å². The predicted octanol–water partition coefficient (Wildman–Crippen LogP) is 2.89. The number of nitrogens with zero attached hydrogens (tertiary/aromatic N) is 2. The molecule has 1 atom stereocenters. The maximum atomic E-state index is 13.4. The first-order valence-corrected chi connectivity index (χ1v) is 7.98. The van der Waals surface area contributed by atoms with E-state index in [4.69, 9.17) is 4.74 Å². The van der Waals surface area contributed by atoms with E-state index < -0.39 is 29.0 Å². The van der Waals surface area contributed by atoms with Crippen LogP contribution in [0.25, 0.3) is 0 Å². The second-order valence-corrected chi connectivity index (χ2v) is 6.31. The highest BCUT2D eigenvalue weighted by Crippen LogP contribution is 2.37. The molecule has 1 aromatic heterocycles. The lowest BCUT2D eigenvalue weighted by Crippen LogP contribution is -2.62. The molecule has 26 heavy (non-hydrogen) atoms. The van der Waals surface area contributed by atoms with Crippen LogP contribution >= 0.6 is 0 Å². The number of hydrogen-bond donors (Lipinski definition) is 1. The van der Waals surface area contributed by atoms with Crippen molar-refractivity contribution in [2.45, 2.75) is 32.4 Å². The molecule has 1 aliphatic heterocycles. The van der Waals surface area contributed by atoms with E-state index >= 15 is 0 Å². The number of amides is 2. The Labute approximate surface area is 148 Å². The van der Waals surface area contributed by atoms with Gasteiger partial charge in [0, 0.05) is 24.0 Å². The van der Waals surface area contributed by atoms with Gasteiger partial charge in [-0.1, -0.05) is 0 Å². The van der Waals surface area contributed by atoms with Gasteiger partial charge in [0.25, 0.3) is 17.4 Å². The average molecular weight is 361 g/mol. The van der Waals surface area contributed by atoms with E-state index in [1.807, 2.05) is 0 Å². The Morgan fingerprint density at radius 3 is 2.65 bits per heavy atom. The topological polar surface area (TPSA) is 71.5 Å². The summed E-state index contributed by atoms with van der Waals surface area (Å²) < 4.78 is 32.1. The average Bonchev–Trinajstić information content (AvgIpc) is 2.58. The molecule has 8 heteroatoms. The molecular weight excluding hydrogens is 344 g/mol. The Hall–Kier alpha value is -3.03. The van der Waals surface area contributed by atoms with Gasteiger partial charge in [0.2, 0.25) is 0 Å². The zero-order valence-corrected chi connectivity index (χ0v) is 14.4. The minimum absolute atomic E-state index is 0.0135. The summed E-state index contributed by atoms with van der Waals surface area (Å²) in [6, 6.07) is 5.88. The number of benzene rings is 1. The maximum Gasteiger partial charge on any atom is 0.282 e. The Morgan fingerprint density at radius 2 is 2.00 bits per heavy atom. The number of ether oxygens (including phenoxy) is 1. The van der Waals surface area contributed by atoms with Crippen LogP contribution < -0.4 is 15.0 Å². The first-order chi connectivity index (χ1) is 12.2. The fraction of sp³-hybridized carbons (Fsp3) is 0.278. The molecule has 1 aliphatic rings. The van der Waals surface area contributed by atoms with Crippen LogP contribution in [0.2, 0.25) is 0 Å². The molecular formula is C18H17F2N3O3. The number of pyridine rings is 1. The van der Waals surface area contributed by atoms with Crippen LogP contribution in [0.15, 0.2) is 36.5 Å². The molecule has 1 N–H and O–H groups in total. The lowest BCUT2D eigenvalue weighted by Gasteiger charge is -2.40. The highest BCUT2D eigenvalue weighted by Gasteiger charge is 2.51. The summed E-state index contributed by atoms with van der Waals surface area (Å²) in [6.07, 6.45) is 1.52. The van der Waals surface area contributed by atoms with Crippen molar-refractivity contribution in [3.63, 3.8) is 0 Å². The van der Waals surface area contributed by atoms with Gasteiger partial charge >= 0.3 is 0 Å². The fourth-order valence-electron chi connectivity index (χ4n) is 2.68. The second kappa shape index (κ2) is 6.36. The van der Waals surface area contributed by atoms with Crippen molar-refractivity contribution in [2.24, 2.45) is 0 Å². The molecule has 0 fully saturated rings. The zero-order chi connectivity index (χ0) is 19.1. The van der Waals surface area contributed by atoms with Gasteiger partial charge in [-0.25, -0.2) is 13.8 Å². The van der Waals surface area contributed by atoms with E-state index in [1.54, 1.807) is 26.0 Å². The molecule has 136 valence electrons. The molecule has 0 radical (unpaired) electrons. The molecule has 2 aromatic rings. The second-order valence-electron chi connectivity index (χ2n) is 6.31. The fourth-order valence-corrected chi connectivity index (χ4v) is 2.68. The summed E-state index contributed by atoms with van der Waals surface area (Å²) in [5.41, 5.74) is -1.87. The van der Waals surface area contributed by atoms with Gasteiger partial charge in [-0.05, 0) is 45.0 Å². The van der Waals surface area contributed by atoms with E-state index in [0.29, 0.717) is 5.82 Å². The van der Waals surface area contributed by atoms with Crippen LogP contribution in [-0.2, 0) is 9.59 Å². The molecule has 0 unspecified atom stereocenters. The van der Waals surface area contributed by atoms with Crippen LogP contribution in [-0.4, -0.2) is 28.4 Å². The molecule has 0 saturated heterocycles. The minimum Gasteiger partial charge on any atom is -0.464 e. The van der Waals surface area contributed by atoms with E-state index in [9.17, 15) is 18.4 Å². The van der Waals surface area contributed by atoms with Gasteiger partial charge in [-0.3, -0.25) is 14.5 Å². The summed E-state index contributed by atoms with van der Waals surface area (Å²) in [6.45, 7) is 4.90. The monoisotopic (exact) mass is 361 g/mol. The van der Waals surface area contributed by atoms with Crippen molar-refractivity contribution in [2.75, 3.05) is 10.2 Å². The van der Waals surface area contributed by atoms with Crippen LogP contribution in [0, 0.1) is 11.6 Å². The normalized spacial score (nSPS) is 19.2. The third-order valence-corrected chi connectivity index (χ3v) is 4.05. The highest BCUT2D eigenvalue weighted by atomic mass is 19.2. The summed E-state index contributed by atoms with van der Waals surface area (Å²) in [5.74, 6) is -2.94. The first-order valence-electron chi connectivity index (χ1n) is 7.98. The Morgan fingerprint density at radius 1 is 1.27 bits per heavy atom. The van der Waals surface area contributed by atoms with E-state index in [-0.39, 0.29) is 17.5 Å². The smallest absolute Gasteiger partial charge is 0.282 e. The number of carbonyl (C=O) groups is 2. The largest absolute Gasteiger partial charge is 0.464 e. The van der Waals surface area contributed by atoms with Gasteiger partial charge in [0.1, 0.15) is 0 Å². The third-order valence-electron chi connectivity index (χ3n) is 4.05. The molecule has 1 aromatic carbocycles. The summed E-state index contributed by atoms with van der Waals surface area (Å²) in [7, 11) is 0. The van der Waals surface area contributed by atoms with Gasteiger partial charge in [-0.2, -0.15) is 0 Å². The van der Waals surface area contributed by atoms with Crippen LogP contribution in [0.3, 0.4) is 0 Å². The molecule has 2 amide bonds. The minimum atomic E-state index is -1.88. The highest BCUT2D eigenvalue weighted by molar-refractivity contribution is 6.19. The Bertz CT molecular complexity index is 888. The van der Waals surface area contributed by atoms with Crippen molar-refractivity contribution < 1.29 is 23.1 Å². The number of hydrogen-bond acceptors (Lipinski definition) is 4. The van der Waals surface area contributed by atoms with Crippen molar-refractivity contribution in [1.29, 1.82) is 0 Å².